The van der Waals surface area contributed by atoms with E-state index in [0.29, 0.717) is 12.3 Å². The van der Waals surface area contributed by atoms with Crippen molar-refractivity contribution in [2.45, 2.75) is 19.5 Å². The van der Waals surface area contributed by atoms with Crippen molar-refractivity contribution in [1.29, 1.82) is 0 Å². The topological polar surface area (TPSA) is 44.7 Å². The first-order chi connectivity index (χ1) is 11.2. The van der Waals surface area contributed by atoms with Gasteiger partial charge in [0, 0.05) is 36.9 Å². The third-order valence-electron chi connectivity index (χ3n) is 4.36. The number of ether oxygens (including phenoxy) is 1. The van der Waals surface area contributed by atoms with E-state index in [9.17, 15) is 5.11 Å². The smallest absolute Gasteiger partial charge is 0.120 e. The number of morpholine rings is 1. The van der Waals surface area contributed by atoms with Gasteiger partial charge in [0.25, 0.3) is 0 Å². The molecule has 2 aromatic carbocycles. The van der Waals surface area contributed by atoms with Gasteiger partial charge in [-0.3, -0.25) is 0 Å². The molecule has 0 bridgehead atoms. The molecule has 1 fully saturated rings. The maximum atomic E-state index is 9.82. The molecule has 1 heterocycles. The van der Waals surface area contributed by atoms with E-state index in [0.717, 1.165) is 31.9 Å². The van der Waals surface area contributed by atoms with Crippen LogP contribution in [0.15, 0.2) is 48.5 Å². The maximum Gasteiger partial charge on any atom is 0.120 e. The molecular weight excluding hydrogens is 288 g/mol. The summed E-state index contributed by atoms with van der Waals surface area (Å²) in [5.41, 5.74) is 3.42. The molecule has 4 heteroatoms. The highest BCUT2D eigenvalue weighted by Crippen LogP contribution is 2.21. The SMILES string of the molecule is CC(NCc1ccccc1O)c1ccc(N2CCOCC2)cc1. The highest BCUT2D eigenvalue weighted by atomic mass is 16.5. The van der Waals surface area contributed by atoms with E-state index in [2.05, 4.69) is 41.4 Å². The summed E-state index contributed by atoms with van der Waals surface area (Å²) in [5, 5.41) is 13.3. The zero-order chi connectivity index (χ0) is 16.1. The number of aromatic hydroxyl groups is 1. The molecule has 1 aliphatic heterocycles. The van der Waals surface area contributed by atoms with E-state index in [-0.39, 0.29) is 6.04 Å². The Kier molecular flexibility index (Phi) is 5.16. The Bertz CT molecular complexity index is 622. The Hall–Kier alpha value is -2.04. The van der Waals surface area contributed by atoms with Crippen molar-refractivity contribution in [2.24, 2.45) is 0 Å². The van der Waals surface area contributed by atoms with E-state index < -0.39 is 0 Å². The van der Waals surface area contributed by atoms with Crippen LogP contribution in [0.2, 0.25) is 0 Å². The number of phenols is 1. The number of anilines is 1. The molecule has 1 unspecified atom stereocenters. The molecule has 1 atom stereocenters. The molecule has 122 valence electrons. The van der Waals surface area contributed by atoms with Crippen molar-refractivity contribution >= 4 is 5.69 Å². The van der Waals surface area contributed by atoms with Gasteiger partial charge in [-0.15, -0.1) is 0 Å². The highest BCUT2D eigenvalue weighted by Gasteiger charge is 2.12. The zero-order valence-electron chi connectivity index (χ0n) is 13.5. The van der Waals surface area contributed by atoms with E-state index in [1.54, 1.807) is 6.07 Å². The number of rotatable bonds is 5. The minimum absolute atomic E-state index is 0.230. The Morgan fingerprint density at radius 3 is 2.48 bits per heavy atom. The average molecular weight is 312 g/mol. The third kappa shape index (κ3) is 4.03. The van der Waals surface area contributed by atoms with Crippen LogP contribution in [-0.2, 0) is 11.3 Å². The molecule has 0 aliphatic carbocycles. The van der Waals surface area contributed by atoms with Gasteiger partial charge in [-0.25, -0.2) is 0 Å². The second-order valence-electron chi connectivity index (χ2n) is 5.92. The number of benzene rings is 2. The molecular formula is C19H24N2O2. The number of nitrogens with zero attached hydrogens (tertiary/aromatic N) is 1. The summed E-state index contributed by atoms with van der Waals surface area (Å²) in [7, 11) is 0. The first kappa shape index (κ1) is 15.8. The molecule has 2 N–H and O–H groups in total. The molecule has 3 rings (SSSR count). The molecule has 1 aliphatic rings. The van der Waals surface area contributed by atoms with Gasteiger partial charge in [0.15, 0.2) is 0 Å². The van der Waals surface area contributed by atoms with Crippen LogP contribution < -0.4 is 10.2 Å². The number of hydrogen-bond donors (Lipinski definition) is 2. The van der Waals surface area contributed by atoms with Crippen molar-refractivity contribution in [3.63, 3.8) is 0 Å². The Labute approximate surface area is 137 Å². The van der Waals surface area contributed by atoms with Crippen molar-refractivity contribution in [3.05, 3.63) is 59.7 Å². The first-order valence-electron chi connectivity index (χ1n) is 8.17. The highest BCUT2D eigenvalue weighted by molar-refractivity contribution is 5.48. The molecule has 23 heavy (non-hydrogen) atoms. The van der Waals surface area contributed by atoms with Gasteiger partial charge in [0.1, 0.15) is 5.75 Å². The molecule has 1 saturated heterocycles. The molecule has 0 amide bonds. The number of para-hydroxylation sites is 1. The van der Waals surface area contributed by atoms with Crippen LogP contribution in [0, 0.1) is 0 Å². The molecule has 0 saturated carbocycles. The second kappa shape index (κ2) is 7.49. The summed E-state index contributed by atoms with van der Waals surface area (Å²) in [6, 6.07) is 16.4. The van der Waals surface area contributed by atoms with Gasteiger partial charge in [-0.05, 0) is 30.7 Å². The summed E-state index contributed by atoms with van der Waals surface area (Å²) in [4.78, 5) is 2.35. The number of phenolic OH excluding ortho intramolecular Hbond substituents is 1. The predicted octanol–water partition coefficient (Wildman–Crippen LogP) is 3.08. The summed E-state index contributed by atoms with van der Waals surface area (Å²) >= 11 is 0. The Morgan fingerprint density at radius 1 is 1.09 bits per heavy atom. The van der Waals surface area contributed by atoms with Crippen LogP contribution in [0.25, 0.3) is 0 Å². The van der Waals surface area contributed by atoms with Crippen molar-refractivity contribution in [2.75, 3.05) is 31.2 Å². The largest absolute Gasteiger partial charge is 0.508 e. The predicted molar refractivity (Wildman–Crippen MR) is 92.8 cm³/mol. The lowest BCUT2D eigenvalue weighted by atomic mass is 10.1. The van der Waals surface area contributed by atoms with Crippen LogP contribution >= 0.6 is 0 Å². The fourth-order valence-electron chi connectivity index (χ4n) is 2.84. The van der Waals surface area contributed by atoms with Gasteiger partial charge >= 0.3 is 0 Å². The minimum Gasteiger partial charge on any atom is -0.508 e. The van der Waals surface area contributed by atoms with E-state index in [1.807, 2.05) is 18.2 Å². The van der Waals surface area contributed by atoms with Gasteiger partial charge < -0.3 is 20.1 Å². The van der Waals surface area contributed by atoms with E-state index >= 15 is 0 Å². The standard InChI is InChI=1S/C19H24N2O2/c1-15(20-14-17-4-2-3-5-19(17)22)16-6-8-18(9-7-16)21-10-12-23-13-11-21/h2-9,15,20,22H,10-14H2,1H3. The summed E-state index contributed by atoms with van der Waals surface area (Å²) in [6.07, 6.45) is 0. The molecule has 4 nitrogen and oxygen atoms in total. The summed E-state index contributed by atoms with van der Waals surface area (Å²) in [6.45, 7) is 6.32. The molecule has 0 spiro atoms. The average Bonchev–Trinajstić information content (AvgIpc) is 2.62. The summed E-state index contributed by atoms with van der Waals surface area (Å²) < 4.78 is 5.39. The normalized spacial score (nSPS) is 16.3. The second-order valence-corrected chi connectivity index (χ2v) is 5.92. The number of hydrogen-bond acceptors (Lipinski definition) is 4. The summed E-state index contributed by atoms with van der Waals surface area (Å²) in [5.74, 6) is 0.342. The fraction of sp³-hybridized carbons (Fsp3) is 0.368. The van der Waals surface area contributed by atoms with Crippen LogP contribution in [-0.4, -0.2) is 31.4 Å². The van der Waals surface area contributed by atoms with Crippen LogP contribution in [0.5, 0.6) is 5.75 Å². The first-order valence-corrected chi connectivity index (χ1v) is 8.17. The Balaban J connectivity index is 1.59. The lowest BCUT2D eigenvalue weighted by molar-refractivity contribution is 0.122. The minimum atomic E-state index is 0.230. The molecule has 2 aromatic rings. The molecule has 0 aromatic heterocycles. The third-order valence-corrected chi connectivity index (χ3v) is 4.36. The van der Waals surface area contributed by atoms with Crippen molar-refractivity contribution in [1.82, 2.24) is 5.32 Å². The van der Waals surface area contributed by atoms with Crippen LogP contribution in [0.1, 0.15) is 24.1 Å². The van der Waals surface area contributed by atoms with Crippen LogP contribution in [0.4, 0.5) is 5.69 Å². The van der Waals surface area contributed by atoms with Gasteiger partial charge in [-0.2, -0.15) is 0 Å². The molecule has 0 radical (unpaired) electrons. The van der Waals surface area contributed by atoms with Gasteiger partial charge in [-0.1, -0.05) is 30.3 Å². The van der Waals surface area contributed by atoms with Crippen molar-refractivity contribution in [3.8, 4) is 5.75 Å². The Morgan fingerprint density at radius 2 is 1.78 bits per heavy atom. The lowest BCUT2D eigenvalue weighted by Gasteiger charge is -2.29. The maximum absolute atomic E-state index is 9.82. The van der Waals surface area contributed by atoms with Gasteiger partial charge in [0.2, 0.25) is 0 Å². The van der Waals surface area contributed by atoms with Crippen molar-refractivity contribution < 1.29 is 9.84 Å². The van der Waals surface area contributed by atoms with Gasteiger partial charge in [0.05, 0.1) is 13.2 Å². The van der Waals surface area contributed by atoms with Crippen LogP contribution in [0.3, 0.4) is 0 Å². The zero-order valence-corrected chi connectivity index (χ0v) is 13.5. The quantitative estimate of drug-likeness (QED) is 0.890. The van der Waals surface area contributed by atoms with E-state index in [4.69, 9.17) is 4.74 Å². The number of nitrogens with one attached hydrogen (secondary N) is 1. The van der Waals surface area contributed by atoms with E-state index in [1.165, 1.54) is 11.3 Å². The lowest BCUT2D eigenvalue weighted by Crippen LogP contribution is -2.36. The monoisotopic (exact) mass is 312 g/mol. The fourth-order valence-corrected chi connectivity index (χ4v) is 2.84.